The Labute approximate surface area is 56.4 Å². The molecule has 0 fully saturated rings. The maximum Gasteiger partial charge on any atom is 0.0723 e. The van der Waals surface area contributed by atoms with E-state index in [4.69, 9.17) is 0 Å². The van der Waals surface area contributed by atoms with Gasteiger partial charge in [-0.15, -0.1) is 0 Å². The SMILES string of the molecule is C[C@@H]1CCC=C[C@H](O)C1. The van der Waals surface area contributed by atoms with Crippen LogP contribution < -0.4 is 0 Å². The van der Waals surface area contributed by atoms with Crippen molar-refractivity contribution in [2.75, 3.05) is 0 Å². The highest BCUT2D eigenvalue weighted by atomic mass is 16.3. The molecule has 0 saturated carbocycles. The topological polar surface area (TPSA) is 20.2 Å². The zero-order chi connectivity index (χ0) is 6.69. The standard InChI is InChI=1S/C8H14O/c1-7-4-2-3-5-8(9)6-7/h3,5,7-9H,2,4,6H2,1H3/t7-,8+/m1/s1. The average molecular weight is 126 g/mol. The number of hydrogen-bond donors (Lipinski definition) is 1. The molecule has 52 valence electrons. The first kappa shape index (κ1) is 6.81. The third-order valence-electron chi connectivity index (χ3n) is 1.83. The Morgan fingerprint density at radius 2 is 2.33 bits per heavy atom. The van der Waals surface area contributed by atoms with E-state index in [1.807, 2.05) is 6.08 Å². The molecule has 1 aliphatic rings. The van der Waals surface area contributed by atoms with Gasteiger partial charge in [0.15, 0.2) is 0 Å². The van der Waals surface area contributed by atoms with Gasteiger partial charge >= 0.3 is 0 Å². The monoisotopic (exact) mass is 126 g/mol. The Balaban J connectivity index is 2.40. The van der Waals surface area contributed by atoms with Gasteiger partial charge in [0.1, 0.15) is 0 Å². The van der Waals surface area contributed by atoms with Crippen LogP contribution in [0, 0.1) is 5.92 Å². The van der Waals surface area contributed by atoms with Gasteiger partial charge in [0.25, 0.3) is 0 Å². The van der Waals surface area contributed by atoms with Gasteiger partial charge in [-0.3, -0.25) is 0 Å². The van der Waals surface area contributed by atoms with E-state index < -0.39 is 0 Å². The van der Waals surface area contributed by atoms with Crippen molar-refractivity contribution in [3.63, 3.8) is 0 Å². The summed E-state index contributed by atoms with van der Waals surface area (Å²) in [5.41, 5.74) is 0. The molecule has 0 amide bonds. The molecule has 1 N–H and O–H groups in total. The molecule has 0 bridgehead atoms. The van der Waals surface area contributed by atoms with Gasteiger partial charge in [0.2, 0.25) is 0 Å². The molecule has 1 aliphatic carbocycles. The van der Waals surface area contributed by atoms with E-state index in [1.165, 1.54) is 6.42 Å². The van der Waals surface area contributed by atoms with Crippen molar-refractivity contribution in [3.05, 3.63) is 12.2 Å². The van der Waals surface area contributed by atoms with Crippen LogP contribution in [0.3, 0.4) is 0 Å². The molecular weight excluding hydrogens is 112 g/mol. The Hall–Kier alpha value is -0.300. The van der Waals surface area contributed by atoms with E-state index >= 15 is 0 Å². The number of aliphatic hydroxyl groups excluding tert-OH is 1. The van der Waals surface area contributed by atoms with Crippen LogP contribution in [0.5, 0.6) is 0 Å². The molecule has 0 unspecified atom stereocenters. The molecule has 1 rings (SSSR count). The Morgan fingerprint density at radius 1 is 1.56 bits per heavy atom. The second-order valence-electron chi connectivity index (χ2n) is 2.91. The fraction of sp³-hybridized carbons (Fsp3) is 0.750. The Kier molecular flexibility index (Phi) is 2.29. The first-order valence-corrected chi connectivity index (χ1v) is 3.64. The minimum atomic E-state index is -0.178. The van der Waals surface area contributed by atoms with Crippen LogP contribution in [-0.2, 0) is 0 Å². The lowest BCUT2D eigenvalue weighted by molar-refractivity contribution is 0.192. The van der Waals surface area contributed by atoms with Crippen LogP contribution in [0.1, 0.15) is 26.2 Å². The highest BCUT2D eigenvalue weighted by molar-refractivity contribution is 4.92. The van der Waals surface area contributed by atoms with Crippen LogP contribution in [0.25, 0.3) is 0 Å². The highest BCUT2D eigenvalue weighted by Gasteiger charge is 2.09. The van der Waals surface area contributed by atoms with Crippen LogP contribution in [0.15, 0.2) is 12.2 Å². The summed E-state index contributed by atoms with van der Waals surface area (Å²) in [4.78, 5) is 0. The molecule has 1 heteroatoms. The van der Waals surface area contributed by atoms with Crippen LogP contribution >= 0.6 is 0 Å². The second-order valence-corrected chi connectivity index (χ2v) is 2.91. The number of rotatable bonds is 0. The second kappa shape index (κ2) is 3.02. The average Bonchev–Trinajstić information content (AvgIpc) is 1.93. The lowest BCUT2D eigenvalue weighted by Gasteiger charge is -2.08. The number of allylic oxidation sites excluding steroid dienone is 1. The van der Waals surface area contributed by atoms with E-state index in [-0.39, 0.29) is 6.10 Å². The smallest absolute Gasteiger partial charge is 0.0723 e. The molecule has 0 spiro atoms. The molecule has 0 aromatic heterocycles. The van der Waals surface area contributed by atoms with Gasteiger partial charge in [-0.1, -0.05) is 19.1 Å². The first-order chi connectivity index (χ1) is 4.29. The molecule has 0 aromatic carbocycles. The lowest BCUT2D eigenvalue weighted by Crippen LogP contribution is -2.05. The van der Waals surface area contributed by atoms with E-state index in [0.717, 1.165) is 12.8 Å². The summed E-state index contributed by atoms with van der Waals surface area (Å²) < 4.78 is 0. The summed E-state index contributed by atoms with van der Waals surface area (Å²) in [6, 6.07) is 0. The van der Waals surface area contributed by atoms with Crippen molar-refractivity contribution >= 4 is 0 Å². The summed E-state index contributed by atoms with van der Waals surface area (Å²) in [6.45, 7) is 2.19. The normalized spacial score (nSPS) is 36.2. The van der Waals surface area contributed by atoms with Crippen molar-refractivity contribution in [2.24, 2.45) is 5.92 Å². The van der Waals surface area contributed by atoms with Gasteiger partial charge in [-0.25, -0.2) is 0 Å². The van der Waals surface area contributed by atoms with Crippen molar-refractivity contribution in [3.8, 4) is 0 Å². The Morgan fingerprint density at radius 3 is 3.11 bits per heavy atom. The van der Waals surface area contributed by atoms with Crippen molar-refractivity contribution in [2.45, 2.75) is 32.3 Å². The summed E-state index contributed by atoms with van der Waals surface area (Å²) in [5, 5.41) is 9.17. The molecule has 2 atom stereocenters. The maximum absolute atomic E-state index is 9.17. The van der Waals surface area contributed by atoms with Crippen LogP contribution in [0.4, 0.5) is 0 Å². The van der Waals surface area contributed by atoms with Crippen molar-refractivity contribution in [1.82, 2.24) is 0 Å². The predicted molar refractivity (Wildman–Crippen MR) is 38.2 cm³/mol. The highest BCUT2D eigenvalue weighted by Crippen LogP contribution is 2.17. The lowest BCUT2D eigenvalue weighted by atomic mass is 10.0. The minimum Gasteiger partial charge on any atom is -0.389 e. The van der Waals surface area contributed by atoms with Crippen molar-refractivity contribution in [1.29, 1.82) is 0 Å². The van der Waals surface area contributed by atoms with Gasteiger partial charge in [-0.2, -0.15) is 0 Å². The molecule has 0 radical (unpaired) electrons. The largest absolute Gasteiger partial charge is 0.389 e. The molecule has 0 aromatic rings. The van der Waals surface area contributed by atoms with Gasteiger partial charge < -0.3 is 5.11 Å². The van der Waals surface area contributed by atoms with E-state index in [2.05, 4.69) is 13.0 Å². The molecule has 1 nitrogen and oxygen atoms in total. The fourth-order valence-electron chi connectivity index (χ4n) is 1.24. The van der Waals surface area contributed by atoms with E-state index in [9.17, 15) is 5.11 Å². The van der Waals surface area contributed by atoms with Crippen molar-refractivity contribution < 1.29 is 5.11 Å². The molecule has 0 saturated heterocycles. The first-order valence-electron chi connectivity index (χ1n) is 3.64. The number of hydrogen-bond acceptors (Lipinski definition) is 1. The van der Waals surface area contributed by atoms with Crippen LogP contribution in [-0.4, -0.2) is 11.2 Å². The summed E-state index contributed by atoms with van der Waals surface area (Å²) in [6.07, 6.45) is 7.11. The molecular formula is C8H14O. The van der Waals surface area contributed by atoms with E-state index in [0.29, 0.717) is 5.92 Å². The van der Waals surface area contributed by atoms with Crippen LogP contribution in [0.2, 0.25) is 0 Å². The maximum atomic E-state index is 9.17. The third-order valence-corrected chi connectivity index (χ3v) is 1.83. The summed E-state index contributed by atoms with van der Waals surface area (Å²) in [5.74, 6) is 0.690. The molecule has 0 aliphatic heterocycles. The minimum absolute atomic E-state index is 0.178. The zero-order valence-electron chi connectivity index (χ0n) is 5.88. The Bertz CT molecular complexity index is 107. The zero-order valence-corrected chi connectivity index (χ0v) is 5.88. The van der Waals surface area contributed by atoms with Gasteiger partial charge in [-0.05, 0) is 25.2 Å². The number of aliphatic hydroxyl groups is 1. The quantitative estimate of drug-likeness (QED) is 0.490. The van der Waals surface area contributed by atoms with E-state index in [1.54, 1.807) is 0 Å². The third kappa shape index (κ3) is 2.19. The van der Waals surface area contributed by atoms with Gasteiger partial charge in [0, 0.05) is 0 Å². The predicted octanol–water partition coefficient (Wildman–Crippen LogP) is 1.72. The molecule has 0 heterocycles. The summed E-state index contributed by atoms with van der Waals surface area (Å²) >= 11 is 0. The fourth-order valence-corrected chi connectivity index (χ4v) is 1.24. The van der Waals surface area contributed by atoms with Gasteiger partial charge in [0.05, 0.1) is 6.10 Å². The molecule has 9 heavy (non-hydrogen) atoms. The summed E-state index contributed by atoms with van der Waals surface area (Å²) in [7, 11) is 0.